The van der Waals surface area contributed by atoms with Gasteiger partial charge < -0.3 is 19.4 Å². The Labute approximate surface area is 131 Å². The Balaban J connectivity index is 2.48. The van der Waals surface area contributed by atoms with E-state index in [1.165, 1.54) is 12.1 Å². The number of carbonyl (C=O) groups excluding carboxylic acids is 1. The van der Waals surface area contributed by atoms with Crippen molar-refractivity contribution >= 4 is 29.2 Å². The van der Waals surface area contributed by atoms with E-state index in [0.29, 0.717) is 16.4 Å². The molecule has 1 aromatic heterocycles. The van der Waals surface area contributed by atoms with Crippen LogP contribution in [0.25, 0.3) is 0 Å². The minimum Gasteiger partial charge on any atom is -0.463 e. The Hall–Kier alpha value is -2.42. The molecule has 0 saturated heterocycles. The van der Waals surface area contributed by atoms with Crippen LogP contribution < -0.4 is 5.32 Å². The van der Waals surface area contributed by atoms with Crippen LogP contribution >= 0.6 is 12.2 Å². The number of thiocarbonyl (C=S) groups is 1. The number of nitrogens with one attached hydrogen (secondary N) is 1. The Morgan fingerprint density at radius 2 is 2.27 bits per heavy atom. The lowest BCUT2D eigenvalue weighted by Gasteiger charge is -2.34. The second-order valence-electron chi connectivity index (χ2n) is 4.59. The number of hydrogen-bond acceptors (Lipinski definition) is 6. The topological polar surface area (TPSA) is 97.8 Å². The molecule has 1 aliphatic rings. The van der Waals surface area contributed by atoms with Crippen LogP contribution in [0, 0.1) is 10.1 Å². The first-order chi connectivity index (χ1) is 10.4. The van der Waals surface area contributed by atoms with Gasteiger partial charge in [-0.2, -0.15) is 0 Å². The molecule has 1 unspecified atom stereocenters. The predicted molar refractivity (Wildman–Crippen MR) is 80.9 cm³/mol. The van der Waals surface area contributed by atoms with Gasteiger partial charge in [0.2, 0.25) is 0 Å². The third-order valence-corrected chi connectivity index (χ3v) is 3.72. The monoisotopic (exact) mass is 325 g/mol. The number of rotatable bonds is 4. The zero-order chi connectivity index (χ0) is 16.4. The van der Waals surface area contributed by atoms with Gasteiger partial charge in [0, 0.05) is 12.7 Å². The third-order valence-electron chi connectivity index (χ3n) is 3.33. The second-order valence-corrected chi connectivity index (χ2v) is 4.98. The molecule has 0 aliphatic carbocycles. The van der Waals surface area contributed by atoms with Gasteiger partial charge in [-0.25, -0.2) is 4.79 Å². The maximum Gasteiger partial charge on any atom is 0.433 e. The summed E-state index contributed by atoms with van der Waals surface area (Å²) < 4.78 is 10.3. The molecule has 118 valence electrons. The molecule has 1 N–H and O–H groups in total. The van der Waals surface area contributed by atoms with E-state index in [1.807, 2.05) is 0 Å². The number of ether oxygens (including phenoxy) is 1. The molecule has 1 aromatic rings. The molecule has 2 heterocycles. The molecule has 0 bridgehead atoms. The van der Waals surface area contributed by atoms with E-state index in [4.69, 9.17) is 21.4 Å². The van der Waals surface area contributed by atoms with Crippen molar-refractivity contribution in [3.8, 4) is 0 Å². The lowest BCUT2D eigenvalue weighted by Crippen LogP contribution is -2.46. The summed E-state index contributed by atoms with van der Waals surface area (Å²) in [5.41, 5.74) is 0.911. The highest BCUT2D eigenvalue weighted by Gasteiger charge is 2.36. The number of furan rings is 1. The fourth-order valence-electron chi connectivity index (χ4n) is 2.12. The quantitative estimate of drug-likeness (QED) is 0.388. The Morgan fingerprint density at radius 1 is 1.59 bits per heavy atom. The number of nitrogens with zero attached hydrogens (tertiary/aromatic N) is 2. The molecule has 8 nitrogen and oxygen atoms in total. The van der Waals surface area contributed by atoms with Crippen molar-refractivity contribution in [1.82, 2.24) is 10.2 Å². The summed E-state index contributed by atoms with van der Waals surface area (Å²) in [5, 5.41) is 14.1. The van der Waals surface area contributed by atoms with Crippen molar-refractivity contribution in [3.63, 3.8) is 0 Å². The van der Waals surface area contributed by atoms with Gasteiger partial charge in [-0.1, -0.05) is 0 Å². The Bertz CT molecular complexity index is 666. The number of nitro groups is 1. The molecule has 2 rings (SSSR count). The summed E-state index contributed by atoms with van der Waals surface area (Å²) in [6.07, 6.45) is 0. The van der Waals surface area contributed by atoms with Crippen molar-refractivity contribution in [2.24, 2.45) is 0 Å². The van der Waals surface area contributed by atoms with Crippen molar-refractivity contribution < 1.29 is 18.9 Å². The molecular formula is C13H15N3O5S. The molecule has 1 aliphatic heterocycles. The maximum atomic E-state index is 12.2. The zero-order valence-electron chi connectivity index (χ0n) is 12.3. The van der Waals surface area contributed by atoms with Crippen LogP contribution in [0.3, 0.4) is 0 Å². The molecule has 0 spiro atoms. The van der Waals surface area contributed by atoms with Crippen molar-refractivity contribution in [2.45, 2.75) is 19.9 Å². The first-order valence-corrected chi connectivity index (χ1v) is 6.93. The van der Waals surface area contributed by atoms with Crippen LogP contribution in [0.1, 0.15) is 25.6 Å². The van der Waals surface area contributed by atoms with E-state index < -0.39 is 22.8 Å². The maximum absolute atomic E-state index is 12.2. The lowest BCUT2D eigenvalue weighted by atomic mass is 10.0. The molecule has 0 aromatic carbocycles. The molecule has 9 heteroatoms. The van der Waals surface area contributed by atoms with E-state index in [2.05, 4.69) is 5.32 Å². The van der Waals surface area contributed by atoms with Gasteiger partial charge in [-0.3, -0.25) is 10.1 Å². The highest BCUT2D eigenvalue weighted by atomic mass is 32.1. The number of allylic oxidation sites excluding steroid dienone is 1. The second kappa shape index (κ2) is 6.14. The summed E-state index contributed by atoms with van der Waals surface area (Å²) >= 11 is 5.20. The number of carbonyl (C=O) groups is 1. The normalized spacial score (nSPS) is 18.2. The van der Waals surface area contributed by atoms with Gasteiger partial charge in [0.25, 0.3) is 0 Å². The van der Waals surface area contributed by atoms with E-state index in [1.54, 1.807) is 25.8 Å². The van der Waals surface area contributed by atoms with E-state index in [0.717, 1.165) is 0 Å². The smallest absolute Gasteiger partial charge is 0.433 e. The Kier molecular flexibility index (Phi) is 4.45. The summed E-state index contributed by atoms with van der Waals surface area (Å²) in [6.45, 7) is 3.64. The zero-order valence-corrected chi connectivity index (χ0v) is 13.1. The predicted octanol–water partition coefficient (Wildman–Crippen LogP) is 1.89. The average molecular weight is 325 g/mol. The van der Waals surface area contributed by atoms with Crippen LogP contribution in [0.4, 0.5) is 5.88 Å². The van der Waals surface area contributed by atoms with Crippen LogP contribution in [-0.4, -0.2) is 34.6 Å². The molecule has 0 fully saturated rings. The largest absolute Gasteiger partial charge is 0.463 e. The van der Waals surface area contributed by atoms with Crippen molar-refractivity contribution in [3.05, 3.63) is 39.3 Å². The van der Waals surface area contributed by atoms with Crippen molar-refractivity contribution in [2.75, 3.05) is 13.7 Å². The Morgan fingerprint density at radius 3 is 2.82 bits per heavy atom. The minimum absolute atomic E-state index is 0.217. The number of esters is 1. The summed E-state index contributed by atoms with van der Waals surface area (Å²) in [7, 11) is 1.71. The molecule has 0 saturated carbocycles. The number of hydrogen-bond donors (Lipinski definition) is 1. The molecular weight excluding hydrogens is 310 g/mol. The SMILES string of the molecule is CCOC(=O)C1=C(C)N(C)C(=S)NC1c1ccc([N+](=O)[O-])o1. The summed E-state index contributed by atoms with van der Waals surface area (Å²) in [6, 6.07) is 1.95. The molecule has 0 amide bonds. The highest BCUT2D eigenvalue weighted by molar-refractivity contribution is 7.80. The molecule has 1 atom stereocenters. The van der Waals surface area contributed by atoms with Gasteiger partial charge in [0.05, 0.1) is 18.2 Å². The van der Waals surface area contributed by atoms with Crippen LogP contribution in [-0.2, 0) is 9.53 Å². The summed E-state index contributed by atoms with van der Waals surface area (Å²) in [5.74, 6) is -0.696. The van der Waals surface area contributed by atoms with E-state index in [-0.39, 0.29) is 12.4 Å². The van der Waals surface area contributed by atoms with Gasteiger partial charge in [-0.15, -0.1) is 0 Å². The summed E-state index contributed by atoms with van der Waals surface area (Å²) in [4.78, 5) is 24.0. The first kappa shape index (κ1) is 16.0. The van der Waals surface area contributed by atoms with Crippen LogP contribution in [0.15, 0.2) is 27.8 Å². The van der Waals surface area contributed by atoms with E-state index in [9.17, 15) is 14.9 Å². The fraction of sp³-hybridized carbons (Fsp3) is 0.385. The standard InChI is InChI=1S/C13H15N3O5S/c1-4-20-12(17)10-7(2)15(3)13(22)14-11(10)8-5-6-9(21-8)16(18)19/h5-6,11H,4H2,1-3H3,(H,14,22). The molecule has 0 radical (unpaired) electrons. The average Bonchev–Trinajstić information content (AvgIpc) is 2.94. The fourth-order valence-corrected chi connectivity index (χ4v) is 2.37. The van der Waals surface area contributed by atoms with Gasteiger partial charge in [-0.05, 0) is 32.1 Å². The molecule has 22 heavy (non-hydrogen) atoms. The first-order valence-electron chi connectivity index (χ1n) is 6.53. The van der Waals surface area contributed by atoms with Crippen molar-refractivity contribution in [1.29, 1.82) is 0 Å². The minimum atomic E-state index is -0.726. The highest BCUT2D eigenvalue weighted by Crippen LogP contribution is 2.33. The third kappa shape index (κ3) is 2.80. The van der Waals surface area contributed by atoms with Gasteiger partial charge in [0.15, 0.2) is 5.11 Å². The lowest BCUT2D eigenvalue weighted by molar-refractivity contribution is -0.402. The van der Waals surface area contributed by atoms with Gasteiger partial charge >= 0.3 is 11.9 Å². The van der Waals surface area contributed by atoms with Crippen LogP contribution in [0.2, 0.25) is 0 Å². The van der Waals surface area contributed by atoms with E-state index >= 15 is 0 Å². The van der Waals surface area contributed by atoms with Gasteiger partial charge in [0.1, 0.15) is 16.7 Å². The van der Waals surface area contributed by atoms with Crippen LogP contribution in [0.5, 0.6) is 0 Å².